The summed E-state index contributed by atoms with van der Waals surface area (Å²) in [7, 11) is -4.05. The molecule has 0 fully saturated rings. The van der Waals surface area contributed by atoms with Crippen LogP contribution in [0.15, 0.2) is 52.2 Å². The molecule has 4 rings (SSSR count). The van der Waals surface area contributed by atoms with Crippen LogP contribution in [-0.2, 0) is 14.8 Å². The van der Waals surface area contributed by atoms with E-state index in [1.54, 1.807) is 6.07 Å². The molecule has 0 bridgehead atoms. The lowest BCUT2D eigenvalue weighted by Gasteiger charge is -2.10. The van der Waals surface area contributed by atoms with Crippen molar-refractivity contribution < 1.29 is 27.8 Å². The van der Waals surface area contributed by atoms with E-state index in [-0.39, 0.29) is 21.7 Å². The fourth-order valence-corrected chi connectivity index (χ4v) is 4.31. The second kappa shape index (κ2) is 8.15. The van der Waals surface area contributed by atoms with E-state index in [9.17, 15) is 27.5 Å². The number of aromatic amines is 2. The van der Waals surface area contributed by atoms with Crippen molar-refractivity contribution >= 4 is 37.9 Å². The zero-order chi connectivity index (χ0) is 23.0. The second-order valence-corrected chi connectivity index (χ2v) is 8.85. The van der Waals surface area contributed by atoms with Gasteiger partial charge in [0.25, 0.3) is 5.56 Å². The van der Waals surface area contributed by atoms with Crippen LogP contribution in [0.2, 0.25) is 0 Å². The van der Waals surface area contributed by atoms with E-state index in [0.717, 1.165) is 0 Å². The van der Waals surface area contributed by atoms with Gasteiger partial charge >= 0.3 is 5.97 Å². The molecule has 0 aliphatic rings. The first-order valence-electron chi connectivity index (χ1n) is 9.35. The van der Waals surface area contributed by atoms with Gasteiger partial charge in [-0.2, -0.15) is 0 Å². The molecule has 166 valence electrons. The quantitative estimate of drug-likeness (QED) is 0.277. The number of aliphatic hydroxyl groups excluding tert-OH is 1. The molecular formula is C20H17FN4O6S. The molecule has 1 unspecified atom stereocenters. The Morgan fingerprint density at radius 2 is 1.94 bits per heavy atom. The van der Waals surface area contributed by atoms with E-state index < -0.39 is 46.4 Å². The van der Waals surface area contributed by atoms with Crippen molar-refractivity contribution in [2.45, 2.75) is 17.4 Å². The summed E-state index contributed by atoms with van der Waals surface area (Å²) in [5.41, 5.74) is 0.599. The molecule has 0 aliphatic heterocycles. The molecule has 12 heteroatoms. The van der Waals surface area contributed by atoms with Crippen LogP contribution >= 0.6 is 0 Å². The minimum Gasteiger partial charge on any atom is -0.481 e. The number of nitrogens with one attached hydrogen (secondary N) is 3. The number of carboxylic acid groups (broad SMARTS) is 1. The average Bonchev–Trinajstić information content (AvgIpc) is 3.15. The van der Waals surface area contributed by atoms with Gasteiger partial charge in [-0.3, -0.25) is 9.59 Å². The van der Waals surface area contributed by atoms with Crippen molar-refractivity contribution in [3.8, 4) is 11.4 Å². The van der Waals surface area contributed by atoms with Crippen molar-refractivity contribution in [3.05, 3.63) is 58.6 Å². The van der Waals surface area contributed by atoms with Crippen LogP contribution in [0.1, 0.15) is 6.42 Å². The highest BCUT2D eigenvalue weighted by Crippen LogP contribution is 2.24. The fraction of sp³-hybridized carbons (Fsp3) is 0.150. The van der Waals surface area contributed by atoms with Crippen molar-refractivity contribution in [2.75, 3.05) is 6.54 Å². The number of halogens is 1. The fourth-order valence-electron chi connectivity index (χ4n) is 3.21. The summed E-state index contributed by atoms with van der Waals surface area (Å²) in [6.45, 7) is -0.473. The van der Waals surface area contributed by atoms with Crippen molar-refractivity contribution in [1.29, 1.82) is 0 Å². The van der Waals surface area contributed by atoms with E-state index in [0.29, 0.717) is 16.6 Å². The Morgan fingerprint density at radius 1 is 1.16 bits per heavy atom. The van der Waals surface area contributed by atoms with E-state index >= 15 is 0 Å². The lowest BCUT2D eigenvalue weighted by molar-refractivity contribution is -0.139. The molecular weight excluding hydrogens is 443 g/mol. The molecule has 0 saturated carbocycles. The molecule has 4 aromatic rings. The van der Waals surface area contributed by atoms with Gasteiger partial charge in [0.2, 0.25) is 10.0 Å². The zero-order valence-corrected chi connectivity index (χ0v) is 17.1. The Balaban J connectivity index is 1.67. The number of rotatable bonds is 7. The van der Waals surface area contributed by atoms with Gasteiger partial charge in [-0.15, -0.1) is 0 Å². The van der Waals surface area contributed by atoms with Crippen LogP contribution in [0, 0.1) is 5.82 Å². The highest BCUT2D eigenvalue weighted by molar-refractivity contribution is 7.89. The van der Waals surface area contributed by atoms with E-state index in [1.165, 1.54) is 36.4 Å². The third-order valence-electron chi connectivity index (χ3n) is 4.77. The lowest BCUT2D eigenvalue weighted by atomic mass is 10.1. The average molecular weight is 460 g/mol. The highest BCUT2D eigenvalue weighted by Gasteiger charge is 2.19. The summed E-state index contributed by atoms with van der Waals surface area (Å²) in [6, 6.07) is 9.67. The van der Waals surface area contributed by atoms with E-state index in [4.69, 9.17) is 5.11 Å². The summed E-state index contributed by atoms with van der Waals surface area (Å²) in [4.78, 5) is 32.7. The molecule has 0 spiro atoms. The maximum Gasteiger partial charge on any atom is 0.306 e. The monoisotopic (exact) mass is 460 g/mol. The van der Waals surface area contributed by atoms with Gasteiger partial charge in [-0.25, -0.2) is 22.5 Å². The first-order valence-corrected chi connectivity index (χ1v) is 10.8. The van der Waals surface area contributed by atoms with Gasteiger partial charge < -0.3 is 20.2 Å². The normalized spacial score (nSPS) is 12.9. The highest BCUT2D eigenvalue weighted by atomic mass is 32.2. The zero-order valence-electron chi connectivity index (χ0n) is 16.3. The first kappa shape index (κ1) is 21.6. The van der Waals surface area contributed by atoms with Crippen molar-refractivity contribution in [3.63, 3.8) is 0 Å². The number of aromatic nitrogens is 3. The maximum atomic E-state index is 14.1. The summed E-state index contributed by atoms with van der Waals surface area (Å²) >= 11 is 0. The van der Waals surface area contributed by atoms with Gasteiger partial charge in [0.15, 0.2) is 0 Å². The van der Waals surface area contributed by atoms with Crippen LogP contribution in [0.25, 0.3) is 33.3 Å². The number of aliphatic carboxylic acids is 1. The number of imidazole rings is 1. The van der Waals surface area contributed by atoms with Crippen LogP contribution in [0.4, 0.5) is 4.39 Å². The number of H-pyrrole nitrogens is 2. The topological polar surface area (TPSA) is 165 Å². The number of carboxylic acids is 1. The number of sulfonamides is 1. The smallest absolute Gasteiger partial charge is 0.306 e. The number of carbonyl (C=O) groups is 1. The van der Waals surface area contributed by atoms with Gasteiger partial charge in [-0.05, 0) is 36.4 Å². The van der Waals surface area contributed by atoms with Gasteiger partial charge in [0, 0.05) is 11.9 Å². The molecule has 5 N–H and O–H groups in total. The predicted octanol–water partition coefficient (Wildman–Crippen LogP) is 1.32. The summed E-state index contributed by atoms with van der Waals surface area (Å²) in [6.07, 6.45) is -1.99. The molecule has 2 aromatic heterocycles. The Bertz CT molecular complexity index is 1510. The molecule has 0 aliphatic carbocycles. The summed E-state index contributed by atoms with van der Waals surface area (Å²) in [5.74, 6) is -1.64. The van der Waals surface area contributed by atoms with E-state index in [1.807, 2.05) is 0 Å². The number of hydrogen-bond donors (Lipinski definition) is 5. The summed E-state index contributed by atoms with van der Waals surface area (Å²) in [5, 5.41) is 18.4. The number of aliphatic hydroxyl groups is 1. The van der Waals surface area contributed by atoms with Crippen LogP contribution in [0.5, 0.6) is 0 Å². The van der Waals surface area contributed by atoms with Gasteiger partial charge in [0.1, 0.15) is 11.6 Å². The Hall–Kier alpha value is -3.61. The van der Waals surface area contributed by atoms with Crippen molar-refractivity contribution in [1.82, 2.24) is 19.7 Å². The van der Waals surface area contributed by atoms with Gasteiger partial charge in [-0.1, -0.05) is 6.07 Å². The maximum absolute atomic E-state index is 14.1. The minimum atomic E-state index is -4.05. The molecule has 0 saturated heterocycles. The molecule has 2 aromatic carbocycles. The van der Waals surface area contributed by atoms with Crippen molar-refractivity contribution in [2.24, 2.45) is 0 Å². The van der Waals surface area contributed by atoms with E-state index in [2.05, 4.69) is 19.7 Å². The number of benzene rings is 2. The Kier molecular flexibility index (Phi) is 5.50. The molecule has 0 amide bonds. The minimum absolute atomic E-state index is 0.0816. The number of nitrogens with zero attached hydrogens (tertiary/aromatic N) is 1. The number of pyridine rings is 1. The third kappa shape index (κ3) is 4.23. The SMILES string of the molecule is O=C(O)CC(O)CNS(=O)(=O)c1ccc2nc(-c3cc4c(F)cccc4[nH]c3=O)[nH]c2c1. The Morgan fingerprint density at radius 3 is 2.69 bits per heavy atom. The Labute approximate surface area is 179 Å². The summed E-state index contributed by atoms with van der Waals surface area (Å²) < 4.78 is 41.2. The second-order valence-electron chi connectivity index (χ2n) is 7.08. The first-order chi connectivity index (χ1) is 15.1. The van der Waals surface area contributed by atoms with Crippen LogP contribution in [0.3, 0.4) is 0 Å². The lowest BCUT2D eigenvalue weighted by Crippen LogP contribution is -2.33. The number of hydrogen-bond acceptors (Lipinski definition) is 6. The standard InChI is InChI=1S/C20H17FN4O6S/c21-14-2-1-3-15-12(14)8-13(20(29)25-15)19-23-16-5-4-11(7-17(16)24-19)32(30,31)22-9-10(26)6-18(27)28/h1-5,7-8,10,22,26H,6,9H2,(H,23,24)(H,25,29)(H,27,28). The largest absolute Gasteiger partial charge is 0.481 e. The number of fused-ring (bicyclic) bond motifs is 2. The predicted molar refractivity (Wildman–Crippen MR) is 113 cm³/mol. The molecule has 32 heavy (non-hydrogen) atoms. The molecule has 0 radical (unpaired) electrons. The molecule has 2 heterocycles. The van der Waals surface area contributed by atoms with Crippen LogP contribution < -0.4 is 10.3 Å². The molecule has 1 atom stereocenters. The van der Waals surface area contributed by atoms with Crippen LogP contribution in [-0.4, -0.2) is 52.2 Å². The third-order valence-corrected chi connectivity index (χ3v) is 6.19. The van der Waals surface area contributed by atoms with Gasteiger partial charge in [0.05, 0.1) is 39.5 Å². The molecule has 10 nitrogen and oxygen atoms in total.